The highest BCUT2D eigenvalue weighted by atomic mass is 16.7. The molecule has 0 saturated carbocycles. The lowest BCUT2D eigenvalue weighted by molar-refractivity contribution is 0.174. The third kappa shape index (κ3) is 3.53. The van der Waals surface area contributed by atoms with Gasteiger partial charge in [0.2, 0.25) is 6.79 Å². The summed E-state index contributed by atoms with van der Waals surface area (Å²) in [6, 6.07) is 21.2. The van der Waals surface area contributed by atoms with Crippen LogP contribution in [-0.4, -0.2) is 27.6 Å². The zero-order chi connectivity index (χ0) is 22.4. The first-order valence-electron chi connectivity index (χ1n) is 11.2. The predicted octanol–water partition coefficient (Wildman–Crippen LogP) is 3.96. The van der Waals surface area contributed by atoms with Gasteiger partial charge in [-0.15, -0.1) is 0 Å². The van der Waals surface area contributed by atoms with Crippen molar-refractivity contribution in [2.45, 2.75) is 18.6 Å². The van der Waals surface area contributed by atoms with Gasteiger partial charge in [-0.2, -0.15) is 0 Å². The fraction of sp³-hybridized carbons (Fsp3) is 0.308. The standard InChI is InChI=1S/C26H27N3O4/c1-30-18-8-6-17(7-9-18)25-21-14-29(13-16-4-3-5-19(10-16)31-2)22-12-24-23(32-15-33-24)11-20(22)26(21)28-27-25/h3-12,21,25-28H,13-15H2,1-2H3. The summed E-state index contributed by atoms with van der Waals surface area (Å²) in [5.74, 6) is 3.68. The Labute approximate surface area is 193 Å². The van der Waals surface area contributed by atoms with E-state index in [1.165, 1.54) is 22.4 Å². The first-order chi connectivity index (χ1) is 16.2. The van der Waals surface area contributed by atoms with E-state index >= 15 is 0 Å². The summed E-state index contributed by atoms with van der Waals surface area (Å²) >= 11 is 0. The normalized spacial score (nSPS) is 22.6. The van der Waals surface area contributed by atoms with Gasteiger partial charge in [-0.1, -0.05) is 24.3 Å². The Hall–Kier alpha value is -3.42. The third-order valence-electron chi connectivity index (χ3n) is 6.86. The number of nitrogens with one attached hydrogen (secondary N) is 2. The summed E-state index contributed by atoms with van der Waals surface area (Å²) in [5.41, 5.74) is 12.0. The van der Waals surface area contributed by atoms with E-state index in [1.54, 1.807) is 14.2 Å². The predicted molar refractivity (Wildman–Crippen MR) is 125 cm³/mol. The van der Waals surface area contributed by atoms with Crippen molar-refractivity contribution in [3.05, 3.63) is 77.4 Å². The van der Waals surface area contributed by atoms with Crippen molar-refractivity contribution >= 4 is 5.69 Å². The first-order valence-corrected chi connectivity index (χ1v) is 11.2. The van der Waals surface area contributed by atoms with Gasteiger partial charge in [0.1, 0.15) is 11.5 Å². The SMILES string of the molecule is COc1ccc(C2NNC3c4cc5c(cc4N(Cc4cccc(OC)c4)CC23)OCO5)cc1. The molecule has 7 nitrogen and oxygen atoms in total. The van der Waals surface area contributed by atoms with Crippen LogP contribution in [0.1, 0.15) is 28.8 Å². The van der Waals surface area contributed by atoms with Gasteiger partial charge in [-0.25, -0.2) is 10.9 Å². The van der Waals surface area contributed by atoms with Crippen molar-refractivity contribution in [2.24, 2.45) is 5.92 Å². The molecule has 3 heterocycles. The van der Waals surface area contributed by atoms with Gasteiger partial charge < -0.3 is 23.8 Å². The number of benzene rings is 3. The fourth-order valence-electron chi connectivity index (χ4n) is 5.21. The molecule has 6 rings (SSSR count). The zero-order valence-corrected chi connectivity index (χ0v) is 18.7. The molecule has 3 unspecified atom stereocenters. The summed E-state index contributed by atoms with van der Waals surface area (Å²) < 4.78 is 22.2. The highest BCUT2D eigenvalue weighted by Crippen LogP contribution is 2.49. The molecule has 0 amide bonds. The van der Waals surface area contributed by atoms with Crippen LogP contribution in [0.3, 0.4) is 0 Å². The van der Waals surface area contributed by atoms with E-state index in [2.05, 4.69) is 52.1 Å². The van der Waals surface area contributed by atoms with Crippen molar-refractivity contribution in [1.29, 1.82) is 0 Å². The number of anilines is 1. The van der Waals surface area contributed by atoms with Crippen LogP contribution in [-0.2, 0) is 6.54 Å². The largest absolute Gasteiger partial charge is 0.497 e. The molecule has 0 radical (unpaired) electrons. The van der Waals surface area contributed by atoms with Crippen LogP contribution < -0.4 is 34.7 Å². The molecule has 1 saturated heterocycles. The van der Waals surface area contributed by atoms with E-state index in [0.29, 0.717) is 5.92 Å². The van der Waals surface area contributed by atoms with Gasteiger partial charge in [0.15, 0.2) is 11.5 Å². The minimum Gasteiger partial charge on any atom is -0.497 e. The van der Waals surface area contributed by atoms with E-state index in [0.717, 1.165) is 36.1 Å². The van der Waals surface area contributed by atoms with Crippen LogP contribution in [0, 0.1) is 5.92 Å². The van der Waals surface area contributed by atoms with E-state index in [9.17, 15) is 0 Å². The Morgan fingerprint density at radius 3 is 2.42 bits per heavy atom. The van der Waals surface area contributed by atoms with Gasteiger partial charge in [-0.05, 0) is 47.0 Å². The smallest absolute Gasteiger partial charge is 0.231 e. The number of hydrazine groups is 1. The molecule has 0 bridgehead atoms. The number of methoxy groups -OCH3 is 2. The molecule has 1 fully saturated rings. The van der Waals surface area contributed by atoms with Crippen molar-refractivity contribution in [2.75, 3.05) is 32.5 Å². The quantitative estimate of drug-likeness (QED) is 0.616. The molecule has 7 heteroatoms. The molecule has 3 aliphatic rings. The molecule has 0 aromatic heterocycles. The highest BCUT2D eigenvalue weighted by molar-refractivity contribution is 5.66. The molecule has 33 heavy (non-hydrogen) atoms. The molecule has 2 N–H and O–H groups in total. The minimum atomic E-state index is 0.170. The van der Waals surface area contributed by atoms with Gasteiger partial charge in [0.05, 0.1) is 26.3 Å². The fourth-order valence-corrected chi connectivity index (χ4v) is 5.21. The molecule has 3 aromatic rings. The maximum Gasteiger partial charge on any atom is 0.231 e. The molecular weight excluding hydrogens is 418 g/mol. The van der Waals surface area contributed by atoms with Crippen LogP contribution in [0.25, 0.3) is 0 Å². The molecule has 3 aliphatic heterocycles. The molecule has 0 spiro atoms. The second kappa shape index (κ2) is 8.17. The second-order valence-corrected chi connectivity index (χ2v) is 8.68. The Bertz CT molecular complexity index is 1170. The average Bonchev–Trinajstić information content (AvgIpc) is 3.50. The van der Waals surface area contributed by atoms with Gasteiger partial charge in [0.25, 0.3) is 0 Å². The minimum absolute atomic E-state index is 0.170. The van der Waals surface area contributed by atoms with Crippen LogP contribution >= 0.6 is 0 Å². The third-order valence-corrected chi connectivity index (χ3v) is 6.86. The monoisotopic (exact) mass is 445 g/mol. The topological polar surface area (TPSA) is 64.2 Å². The first kappa shape index (κ1) is 20.2. The summed E-state index contributed by atoms with van der Waals surface area (Å²) in [5, 5.41) is 0. The number of ether oxygens (including phenoxy) is 4. The maximum absolute atomic E-state index is 5.71. The number of nitrogens with zero attached hydrogens (tertiary/aromatic N) is 1. The van der Waals surface area contributed by atoms with Crippen molar-refractivity contribution < 1.29 is 18.9 Å². The van der Waals surface area contributed by atoms with Crippen LogP contribution in [0.15, 0.2) is 60.7 Å². The Kier molecular flexibility index (Phi) is 5.00. The molecule has 0 aliphatic carbocycles. The summed E-state index contributed by atoms with van der Waals surface area (Å²) in [6.07, 6.45) is 0. The van der Waals surface area contributed by atoms with Crippen LogP contribution in [0.5, 0.6) is 23.0 Å². The lowest BCUT2D eigenvalue weighted by atomic mass is 9.81. The molecule has 3 aromatic carbocycles. The molecular formula is C26H27N3O4. The Morgan fingerprint density at radius 2 is 1.64 bits per heavy atom. The van der Waals surface area contributed by atoms with Crippen LogP contribution in [0.2, 0.25) is 0 Å². The summed E-state index contributed by atoms with van der Waals surface area (Å²) in [7, 11) is 3.40. The lowest BCUT2D eigenvalue weighted by Gasteiger charge is -2.39. The van der Waals surface area contributed by atoms with Crippen molar-refractivity contribution in [3.8, 4) is 23.0 Å². The summed E-state index contributed by atoms with van der Waals surface area (Å²) in [6.45, 7) is 1.94. The Balaban J connectivity index is 1.37. The lowest BCUT2D eigenvalue weighted by Crippen LogP contribution is -2.39. The van der Waals surface area contributed by atoms with Crippen molar-refractivity contribution in [3.63, 3.8) is 0 Å². The second-order valence-electron chi connectivity index (χ2n) is 8.68. The van der Waals surface area contributed by atoms with E-state index < -0.39 is 0 Å². The van der Waals surface area contributed by atoms with Gasteiger partial charge >= 0.3 is 0 Å². The Morgan fingerprint density at radius 1 is 0.879 bits per heavy atom. The molecule has 170 valence electrons. The van der Waals surface area contributed by atoms with E-state index in [-0.39, 0.29) is 18.9 Å². The van der Waals surface area contributed by atoms with Gasteiger partial charge in [-0.3, -0.25) is 0 Å². The average molecular weight is 446 g/mol. The van der Waals surface area contributed by atoms with Crippen molar-refractivity contribution in [1.82, 2.24) is 10.9 Å². The number of fused-ring (bicyclic) bond motifs is 4. The van der Waals surface area contributed by atoms with Crippen LogP contribution in [0.4, 0.5) is 5.69 Å². The maximum atomic E-state index is 5.71. The highest BCUT2D eigenvalue weighted by Gasteiger charge is 2.44. The van der Waals surface area contributed by atoms with E-state index in [1.807, 2.05) is 24.3 Å². The zero-order valence-electron chi connectivity index (χ0n) is 18.7. The molecule has 3 atom stereocenters. The summed E-state index contributed by atoms with van der Waals surface area (Å²) in [4.78, 5) is 2.44. The number of hydrogen-bond acceptors (Lipinski definition) is 7. The number of rotatable bonds is 5. The van der Waals surface area contributed by atoms with Gasteiger partial charge in [0, 0.05) is 30.8 Å². The number of hydrogen-bond donors (Lipinski definition) is 2. The van der Waals surface area contributed by atoms with E-state index in [4.69, 9.17) is 18.9 Å².